The molecule has 1 atom stereocenters. The lowest BCUT2D eigenvalue weighted by atomic mass is 10.0. The summed E-state index contributed by atoms with van der Waals surface area (Å²) in [6.07, 6.45) is -0.519. The summed E-state index contributed by atoms with van der Waals surface area (Å²) in [5.74, 6) is 5.19. The van der Waals surface area contributed by atoms with Crippen LogP contribution in [0.15, 0.2) is 18.2 Å². The highest BCUT2D eigenvalue weighted by Crippen LogP contribution is 2.22. The molecule has 3 N–H and O–H groups in total. The second kappa shape index (κ2) is 5.91. The van der Waals surface area contributed by atoms with Crippen molar-refractivity contribution < 1.29 is 13.9 Å². The Hall–Kier alpha value is -1.01. The third-order valence-electron chi connectivity index (χ3n) is 2.48. The van der Waals surface area contributed by atoms with Crippen molar-refractivity contribution in [3.05, 3.63) is 35.1 Å². The van der Waals surface area contributed by atoms with Crippen LogP contribution < -0.4 is 11.3 Å². The maximum atomic E-state index is 13.0. The molecule has 5 heteroatoms. The predicted octanol–water partition coefficient (Wildman–Crippen LogP) is 1.26. The van der Waals surface area contributed by atoms with Crippen molar-refractivity contribution in [2.45, 2.75) is 19.3 Å². The second-order valence-corrected chi connectivity index (χ2v) is 3.49. The molecule has 0 bridgehead atoms. The number of nitrogens with two attached hydrogens (primary N) is 1. The van der Waals surface area contributed by atoms with Crippen molar-refractivity contribution >= 4 is 0 Å². The van der Waals surface area contributed by atoms with Gasteiger partial charge in [0.2, 0.25) is 0 Å². The van der Waals surface area contributed by atoms with Crippen LogP contribution in [0, 0.1) is 12.7 Å². The Balaban J connectivity index is 3.03. The van der Waals surface area contributed by atoms with E-state index in [0.717, 1.165) is 11.1 Å². The molecule has 1 unspecified atom stereocenters. The van der Waals surface area contributed by atoms with E-state index in [1.807, 2.05) is 6.92 Å². The van der Waals surface area contributed by atoms with Crippen LogP contribution in [-0.2, 0) is 9.47 Å². The van der Waals surface area contributed by atoms with E-state index in [0.29, 0.717) is 0 Å². The van der Waals surface area contributed by atoms with Gasteiger partial charge >= 0.3 is 0 Å². The number of hydrazine groups is 1. The van der Waals surface area contributed by atoms with Crippen molar-refractivity contribution in [2.24, 2.45) is 5.84 Å². The van der Waals surface area contributed by atoms with Gasteiger partial charge in [-0.25, -0.2) is 9.82 Å². The van der Waals surface area contributed by atoms with Crippen molar-refractivity contribution in [2.75, 3.05) is 14.2 Å². The Bertz CT molecular complexity index is 343. The number of rotatable bonds is 5. The molecule has 0 saturated heterocycles. The lowest BCUT2D eigenvalue weighted by Crippen LogP contribution is -2.39. The predicted molar refractivity (Wildman–Crippen MR) is 59.0 cm³/mol. The molecule has 0 spiro atoms. The first-order valence-electron chi connectivity index (χ1n) is 4.91. The van der Waals surface area contributed by atoms with E-state index in [4.69, 9.17) is 15.3 Å². The minimum absolute atomic E-state index is 0.275. The average Bonchev–Trinajstić information content (AvgIpc) is 2.27. The Morgan fingerprint density at radius 2 is 1.94 bits per heavy atom. The van der Waals surface area contributed by atoms with Crippen molar-refractivity contribution in [3.8, 4) is 0 Å². The number of halogens is 1. The maximum Gasteiger partial charge on any atom is 0.177 e. The third kappa shape index (κ3) is 2.76. The minimum atomic E-state index is -0.519. The number of benzene rings is 1. The normalized spacial score (nSPS) is 13.1. The van der Waals surface area contributed by atoms with E-state index in [-0.39, 0.29) is 11.9 Å². The molecule has 0 aliphatic heterocycles. The van der Waals surface area contributed by atoms with Crippen LogP contribution in [-0.4, -0.2) is 20.5 Å². The Morgan fingerprint density at radius 3 is 2.38 bits per heavy atom. The molecule has 0 saturated carbocycles. The first kappa shape index (κ1) is 13.1. The number of aryl methyl sites for hydroxylation is 1. The number of hydrogen-bond acceptors (Lipinski definition) is 4. The van der Waals surface area contributed by atoms with Crippen LogP contribution in [0.1, 0.15) is 17.2 Å². The number of nitrogens with one attached hydrogen (secondary N) is 1. The van der Waals surface area contributed by atoms with E-state index in [1.165, 1.54) is 26.4 Å². The molecule has 16 heavy (non-hydrogen) atoms. The third-order valence-corrected chi connectivity index (χ3v) is 2.48. The topological polar surface area (TPSA) is 56.5 Å². The van der Waals surface area contributed by atoms with Gasteiger partial charge in [-0.1, -0.05) is 6.07 Å². The standard InChI is InChI=1S/C11H17FN2O2/c1-7-6-8(12)4-5-9(7)10(14-13)11(15-2)16-3/h4-6,10-11,14H,13H2,1-3H3. The molecule has 1 aromatic rings. The zero-order chi connectivity index (χ0) is 12.1. The fraction of sp³-hybridized carbons (Fsp3) is 0.455. The van der Waals surface area contributed by atoms with E-state index >= 15 is 0 Å². The van der Waals surface area contributed by atoms with Gasteiger partial charge in [-0.15, -0.1) is 0 Å². The van der Waals surface area contributed by atoms with E-state index in [1.54, 1.807) is 6.07 Å². The first-order valence-corrected chi connectivity index (χ1v) is 4.91. The van der Waals surface area contributed by atoms with Gasteiger partial charge in [0.05, 0.1) is 6.04 Å². The highest BCUT2D eigenvalue weighted by molar-refractivity contribution is 5.29. The molecular weight excluding hydrogens is 211 g/mol. The summed E-state index contributed by atoms with van der Waals surface area (Å²) in [4.78, 5) is 0. The van der Waals surface area contributed by atoms with E-state index in [2.05, 4.69) is 5.43 Å². The molecule has 0 aromatic heterocycles. The van der Waals surface area contributed by atoms with E-state index in [9.17, 15) is 4.39 Å². The van der Waals surface area contributed by atoms with Gasteiger partial charge in [0.1, 0.15) is 5.82 Å². The minimum Gasteiger partial charge on any atom is -0.354 e. The molecule has 4 nitrogen and oxygen atoms in total. The smallest absolute Gasteiger partial charge is 0.177 e. The molecule has 0 amide bonds. The van der Waals surface area contributed by atoms with Gasteiger partial charge < -0.3 is 9.47 Å². The fourth-order valence-electron chi connectivity index (χ4n) is 1.67. The SMILES string of the molecule is COC(OC)C(NN)c1ccc(F)cc1C. The second-order valence-electron chi connectivity index (χ2n) is 3.49. The summed E-state index contributed by atoms with van der Waals surface area (Å²) < 4.78 is 23.2. The van der Waals surface area contributed by atoms with Gasteiger partial charge in [-0.3, -0.25) is 5.84 Å². The number of hydrogen-bond donors (Lipinski definition) is 2. The van der Waals surface area contributed by atoms with Crippen LogP contribution in [0.3, 0.4) is 0 Å². The van der Waals surface area contributed by atoms with Crippen LogP contribution in [0.5, 0.6) is 0 Å². The summed E-state index contributed by atoms with van der Waals surface area (Å²) >= 11 is 0. The van der Waals surface area contributed by atoms with Crippen molar-refractivity contribution in [1.82, 2.24) is 5.43 Å². The molecule has 0 radical (unpaired) electrons. The average molecular weight is 228 g/mol. The molecule has 0 aliphatic rings. The summed E-state index contributed by atoms with van der Waals surface area (Å²) in [6.45, 7) is 1.81. The quantitative estimate of drug-likeness (QED) is 0.452. The van der Waals surface area contributed by atoms with Gasteiger partial charge in [0, 0.05) is 14.2 Å². The highest BCUT2D eigenvalue weighted by atomic mass is 19.1. The summed E-state index contributed by atoms with van der Waals surface area (Å²) in [5, 5.41) is 0. The Morgan fingerprint density at radius 1 is 1.31 bits per heavy atom. The highest BCUT2D eigenvalue weighted by Gasteiger charge is 2.23. The van der Waals surface area contributed by atoms with Crippen molar-refractivity contribution in [1.29, 1.82) is 0 Å². The van der Waals surface area contributed by atoms with Crippen LogP contribution >= 0.6 is 0 Å². The maximum absolute atomic E-state index is 13.0. The largest absolute Gasteiger partial charge is 0.354 e. The van der Waals surface area contributed by atoms with Gasteiger partial charge in [0.15, 0.2) is 6.29 Å². The van der Waals surface area contributed by atoms with Gasteiger partial charge in [-0.2, -0.15) is 0 Å². The Labute approximate surface area is 94.5 Å². The molecular formula is C11H17FN2O2. The summed E-state index contributed by atoms with van der Waals surface area (Å²) in [7, 11) is 3.05. The first-order chi connectivity index (χ1) is 7.63. The lowest BCUT2D eigenvalue weighted by molar-refractivity contribution is -0.124. The molecule has 0 heterocycles. The zero-order valence-electron chi connectivity index (χ0n) is 9.66. The lowest BCUT2D eigenvalue weighted by Gasteiger charge is -2.25. The van der Waals surface area contributed by atoms with E-state index < -0.39 is 6.29 Å². The van der Waals surface area contributed by atoms with Gasteiger partial charge in [-0.05, 0) is 30.2 Å². The monoisotopic (exact) mass is 228 g/mol. The summed E-state index contributed by atoms with van der Waals surface area (Å²) in [5.41, 5.74) is 4.25. The van der Waals surface area contributed by atoms with Gasteiger partial charge in [0.25, 0.3) is 0 Å². The number of methoxy groups -OCH3 is 2. The number of ether oxygens (including phenoxy) is 2. The van der Waals surface area contributed by atoms with Crippen LogP contribution in [0.25, 0.3) is 0 Å². The van der Waals surface area contributed by atoms with Crippen molar-refractivity contribution in [3.63, 3.8) is 0 Å². The molecule has 1 aromatic carbocycles. The van der Waals surface area contributed by atoms with Crippen LogP contribution in [0.4, 0.5) is 4.39 Å². The molecule has 90 valence electrons. The molecule has 0 fully saturated rings. The Kier molecular flexibility index (Phi) is 4.82. The fourth-order valence-corrected chi connectivity index (χ4v) is 1.67. The zero-order valence-corrected chi connectivity index (χ0v) is 9.66. The van der Waals surface area contributed by atoms with Crippen LogP contribution in [0.2, 0.25) is 0 Å². The molecule has 1 rings (SSSR count). The molecule has 0 aliphatic carbocycles. The summed E-state index contributed by atoms with van der Waals surface area (Å²) in [6, 6.07) is 4.16.